The lowest BCUT2D eigenvalue weighted by molar-refractivity contribution is -0.126. The fourth-order valence-corrected chi connectivity index (χ4v) is 4.60. The molecule has 33 heavy (non-hydrogen) atoms. The highest BCUT2D eigenvalue weighted by molar-refractivity contribution is 6.31. The number of rotatable bonds is 8. The largest absolute Gasteiger partial charge is 0.493 e. The number of aryl methyl sites for hydroxylation is 1. The molecule has 0 spiro atoms. The number of halogens is 1. The van der Waals surface area contributed by atoms with Crippen molar-refractivity contribution in [3.63, 3.8) is 0 Å². The van der Waals surface area contributed by atoms with Crippen LogP contribution in [0, 0.1) is 0 Å². The van der Waals surface area contributed by atoms with Gasteiger partial charge in [0.2, 0.25) is 0 Å². The molecule has 0 aromatic heterocycles. The van der Waals surface area contributed by atoms with Crippen LogP contribution in [0.1, 0.15) is 48.3 Å². The van der Waals surface area contributed by atoms with Gasteiger partial charge < -0.3 is 15.2 Å². The number of Topliss-reactive ketones (excluding diaryl/α,β-unsaturated/α-hetero) is 1. The van der Waals surface area contributed by atoms with E-state index in [4.69, 9.17) is 26.8 Å². The minimum Gasteiger partial charge on any atom is -0.493 e. The molecule has 0 saturated carbocycles. The maximum Gasteiger partial charge on any atom is 0.173 e. The minimum atomic E-state index is -0.506. The fraction of sp³-hybridized carbons (Fsp3) is 0.321. The van der Waals surface area contributed by atoms with E-state index in [9.17, 15) is 4.79 Å². The van der Waals surface area contributed by atoms with E-state index in [1.54, 1.807) is 0 Å². The van der Waals surface area contributed by atoms with Crippen molar-refractivity contribution in [1.82, 2.24) is 0 Å². The van der Waals surface area contributed by atoms with E-state index in [-0.39, 0.29) is 11.7 Å². The molecule has 0 aliphatic carbocycles. The maximum atomic E-state index is 13.0. The molecule has 4 rings (SSSR count). The number of para-hydroxylation sites is 1. The summed E-state index contributed by atoms with van der Waals surface area (Å²) in [6.07, 6.45) is 3.08. The van der Waals surface area contributed by atoms with E-state index in [1.165, 1.54) is 5.56 Å². The predicted molar refractivity (Wildman–Crippen MR) is 132 cm³/mol. The molecule has 2 unspecified atom stereocenters. The molecule has 0 fully saturated rings. The Bertz CT molecular complexity index is 1080. The van der Waals surface area contributed by atoms with Gasteiger partial charge in [-0.15, -0.1) is 0 Å². The summed E-state index contributed by atoms with van der Waals surface area (Å²) in [4.78, 5) is 13.0. The molecule has 5 heteroatoms. The predicted octanol–water partition coefficient (Wildman–Crippen LogP) is 6.09. The Balaban J connectivity index is 1.42. The number of hydrogen-bond donors (Lipinski definition) is 1. The molecular formula is C28H30ClNO3. The van der Waals surface area contributed by atoms with Crippen LogP contribution in [0.3, 0.4) is 0 Å². The highest BCUT2D eigenvalue weighted by Crippen LogP contribution is 2.37. The molecule has 2 N–H and O–H groups in total. The van der Waals surface area contributed by atoms with Crippen LogP contribution < -0.4 is 15.2 Å². The van der Waals surface area contributed by atoms with Gasteiger partial charge in [0.15, 0.2) is 11.9 Å². The first-order valence-electron chi connectivity index (χ1n) is 11.6. The molecule has 2 atom stereocenters. The van der Waals surface area contributed by atoms with Crippen LogP contribution >= 0.6 is 11.6 Å². The Hall–Kier alpha value is -2.82. The van der Waals surface area contributed by atoms with Crippen LogP contribution in [0.25, 0.3) is 0 Å². The SMILES string of the molecule is NCc1cccc(OCCC2Oc3ccccc3C(CCc3ccccc3Cl)CCC2=O)c1. The maximum absolute atomic E-state index is 13.0. The summed E-state index contributed by atoms with van der Waals surface area (Å²) in [7, 11) is 0. The Morgan fingerprint density at radius 1 is 1.00 bits per heavy atom. The molecule has 0 radical (unpaired) electrons. The van der Waals surface area contributed by atoms with Crippen LogP contribution in [0.5, 0.6) is 11.5 Å². The normalized spacial score (nSPS) is 18.1. The van der Waals surface area contributed by atoms with Crippen molar-refractivity contribution in [3.05, 3.63) is 94.5 Å². The molecule has 1 aliphatic rings. The third-order valence-electron chi connectivity index (χ3n) is 6.23. The number of ketones is 1. The zero-order valence-electron chi connectivity index (χ0n) is 18.7. The second-order valence-electron chi connectivity index (χ2n) is 8.46. The monoisotopic (exact) mass is 463 g/mol. The van der Waals surface area contributed by atoms with Crippen LogP contribution in [0.4, 0.5) is 0 Å². The van der Waals surface area contributed by atoms with Gasteiger partial charge in [0.1, 0.15) is 11.5 Å². The number of carbonyl (C=O) groups excluding carboxylic acids is 1. The number of hydrogen-bond acceptors (Lipinski definition) is 4. The average molecular weight is 464 g/mol. The topological polar surface area (TPSA) is 61.6 Å². The van der Waals surface area contributed by atoms with E-state index in [1.807, 2.05) is 60.7 Å². The van der Waals surface area contributed by atoms with Gasteiger partial charge in [0.05, 0.1) is 6.61 Å². The lowest BCUT2D eigenvalue weighted by atomic mass is 9.85. The van der Waals surface area contributed by atoms with Crippen molar-refractivity contribution in [2.75, 3.05) is 6.61 Å². The molecule has 3 aromatic carbocycles. The minimum absolute atomic E-state index is 0.131. The number of nitrogens with two attached hydrogens (primary N) is 1. The highest BCUT2D eigenvalue weighted by Gasteiger charge is 2.28. The highest BCUT2D eigenvalue weighted by atomic mass is 35.5. The Morgan fingerprint density at radius 3 is 2.67 bits per heavy atom. The second-order valence-corrected chi connectivity index (χ2v) is 8.87. The Morgan fingerprint density at radius 2 is 1.82 bits per heavy atom. The first-order valence-corrected chi connectivity index (χ1v) is 12.0. The molecule has 0 amide bonds. The van der Waals surface area contributed by atoms with Crippen molar-refractivity contribution >= 4 is 17.4 Å². The number of benzene rings is 3. The van der Waals surface area contributed by atoms with Crippen LogP contribution in [-0.4, -0.2) is 18.5 Å². The first kappa shape index (κ1) is 23.3. The zero-order chi connectivity index (χ0) is 23.0. The lowest BCUT2D eigenvalue weighted by Crippen LogP contribution is -2.31. The molecule has 3 aromatic rings. The molecular weight excluding hydrogens is 434 g/mol. The van der Waals surface area contributed by atoms with Gasteiger partial charge in [-0.2, -0.15) is 0 Å². The Kier molecular flexibility index (Phi) is 8.03. The third kappa shape index (κ3) is 6.16. The number of fused-ring (bicyclic) bond motifs is 1. The quantitative estimate of drug-likeness (QED) is 0.438. The number of carbonyl (C=O) groups is 1. The average Bonchev–Trinajstić information content (AvgIpc) is 2.84. The van der Waals surface area contributed by atoms with E-state index < -0.39 is 6.10 Å². The van der Waals surface area contributed by atoms with Gasteiger partial charge in [-0.3, -0.25) is 4.79 Å². The van der Waals surface area contributed by atoms with Crippen molar-refractivity contribution in [2.24, 2.45) is 5.73 Å². The van der Waals surface area contributed by atoms with Gasteiger partial charge in [-0.25, -0.2) is 0 Å². The van der Waals surface area contributed by atoms with Crippen molar-refractivity contribution in [2.45, 2.75) is 50.7 Å². The molecule has 4 nitrogen and oxygen atoms in total. The molecule has 0 saturated heterocycles. The van der Waals surface area contributed by atoms with E-state index >= 15 is 0 Å². The van der Waals surface area contributed by atoms with Gasteiger partial charge in [0, 0.05) is 24.4 Å². The third-order valence-corrected chi connectivity index (χ3v) is 6.60. The summed E-state index contributed by atoms with van der Waals surface area (Å²) in [5, 5.41) is 0.793. The van der Waals surface area contributed by atoms with Crippen LogP contribution in [0.2, 0.25) is 5.02 Å². The van der Waals surface area contributed by atoms with Gasteiger partial charge in [0.25, 0.3) is 0 Å². The Labute approximate surface area is 200 Å². The van der Waals surface area contributed by atoms with E-state index in [0.29, 0.717) is 26.0 Å². The van der Waals surface area contributed by atoms with E-state index in [0.717, 1.165) is 46.9 Å². The first-order chi connectivity index (χ1) is 16.1. The van der Waals surface area contributed by atoms with Crippen LogP contribution in [0.15, 0.2) is 72.8 Å². The summed E-state index contributed by atoms with van der Waals surface area (Å²) in [5.74, 6) is 1.94. The van der Waals surface area contributed by atoms with Crippen molar-refractivity contribution in [1.29, 1.82) is 0 Å². The fourth-order valence-electron chi connectivity index (χ4n) is 4.37. The second kappa shape index (κ2) is 11.4. The standard InChI is InChI=1S/C28H30ClNO3/c29-25-10-3-1-7-22(25)13-12-21-14-15-26(31)28(33-27-11-4-2-9-24(21)27)16-17-32-23-8-5-6-20(18-23)19-30/h1-11,18,21,28H,12-17,19,30H2. The summed E-state index contributed by atoms with van der Waals surface area (Å²) in [5.41, 5.74) is 9.03. The van der Waals surface area contributed by atoms with Gasteiger partial charge >= 0.3 is 0 Å². The lowest BCUT2D eigenvalue weighted by Gasteiger charge is -2.27. The van der Waals surface area contributed by atoms with Crippen molar-refractivity contribution < 1.29 is 14.3 Å². The van der Waals surface area contributed by atoms with Gasteiger partial charge in [-0.05, 0) is 66.1 Å². The summed E-state index contributed by atoms with van der Waals surface area (Å²) >= 11 is 6.36. The zero-order valence-corrected chi connectivity index (χ0v) is 19.5. The molecule has 172 valence electrons. The van der Waals surface area contributed by atoms with Crippen LogP contribution in [-0.2, 0) is 17.8 Å². The smallest absolute Gasteiger partial charge is 0.173 e. The molecule has 0 bridgehead atoms. The van der Waals surface area contributed by atoms with Gasteiger partial charge in [-0.1, -0.05) is 60.1 Å². The molecule has 1 aliphatic heterocycles. The molecule has 1 heterocycles. The summed E-state index contributed by atoms with van der Waals surface area (Å²) in [6.45, 7) is 0.873. The summed E-state index contributed by atoms with van der Waals surface area (Å²) < 4.78 is 12.1. The summed E-state index contributed by atoms with van der Waals surface area (Å²) in [6, 6.07) is 23.8. The number of ether oxygens (including phenoxy) is 2. The van der Waals surface area contributed by atoms with E-state index in [2.05, 4.69) is 12.1 Å². The van der Waals surface area contributed by atoms with Crippen molar-refractivity contribution in [3.8, 4) is 11.5 Å².